The minimum absolute atomic E-state index is 0.207. The number of aryl methyl sites for hydroxylation is 1. The Kier molecular flexibility index (Phi) is 5.99. The highest BCUT2D eigenvalue weighted by Crippen LogP contribution is 2.29. The van der Waals surface area contributed by atoms with E-state index in [1.807, 2.05) is 19.1 Å². The van der Waals surface area contributed by atoms with E-state index < -0.39 is 17.8 Å². The molecule has 1 unspecified atom stereocenters. The number of halogens is 2. The molecule has 0 aliphatic carbocycles. The van der Waals surface area contributed by atoms with Gasteiger partial charge in [-0.05, 0) is 39.0 Å². The molecule has 0 saturated heterocycles. The van der Waals surface area contributed by atoms with Gasteiger partial charge < -0.3 is 9.84 Å². The minimum Gasteiger partial charge on any atom is -0.460 e. The van der Waals surface area contributed by atoms with Crippen LogP contribution in [0.5, 0.6) is 5.75 Å². The summed E-state index contributed by atoms with van der Waals surface area (Å²) in [4.78, 5) is 21.2. The van der Waals surface area contributed by atoms with Gasteiger partial charge in [-0.3, -0.25) is 14.2 Å². The summed E-state index contributed by atoms with van der Waals surface area (Å²) >= 11 is 0. The molecule has 2 aromatic heterocycles. The van der Waals surface area contributed by atoms with Crippen molar-refractivity contribution in [3.63, 3.8) is 0 Å². The zero-order chi connectivity index (χ0) is 24.8. The SMILES string of the molecule is Cc1ccc(OC(C)F)c(Cn2c3cc(-c4cnc(C(C)(C)O)nc4)c(F)cc3c(=O)n2C)c1. The van der Waals surface area contributed by atoms with E-state index in [-0.39, 0.29) is 28.9 Å². The van der Waals surface area contributed by atoms with Crippen LogP contribution in [0.25, 0.3) is 22.0 Å². The third kappa shape index (κ3) is 4.43. The smallest absolute Gasteiger partial charge is 0.274 e. The Labute approximate surface area is 195 Å². The zero-order valence-electron chi connectivity index (χ0n) is 19.6. The first-order chi connectivity index (χ1) is 16.0. The molecule has 0 aliphatic rings. The number of hydrogen-bond donors (Lipinski definition) is 1. The molecule has 0 bridgehead atoms. The molecule has 34 heavy (non-hydrogen) atoms. The van der Waals surface area contributed by atoms with E-state index in [1.165, 1.54) is 30.1 Å². The highest BCUT2D eigenvalue weighted by Gasteiger charge is 2.21. The minimum atomic E-state index is -1.50. The lowest BCUT2D eigenvalue weighted by molar-refractivity contribution is 0.0687. The van der Waals surface area contributed by atoms with Crippen LogP contribution in [-0.4, -0.2) is 30.8 Å². The van der Waals surface area contributed by atoms with Crippen LogP contribution in [0.15, 0.2) is 47.5 Å². The van der Waals surface area contributed by atoms with Gasteiger partial charge in [0.1, 0.15) is 17.2 Å². The Morgan fingerprint density at radius 1 is 1.18 bits per heavy atom. The maximum absolute atomic E-state index is 15.0. The molecule has 0 spiro atoms. The predicted octanol–water partition coefficient (Wildman–Crippen LogP) is 4.21. The van der Waals surface area contributed by atoms with Crippen LogP contribution < -0.4 is 10.3 Å². The number of ether oxygens (including phenoxy) is 1. The van der Waals surface area contributed by atoms with Crippen molar-refractivity contribution in [1.29, 1.82) is 0 Å². The second kappa shape index (κ2) is 8.64. The summed E-state index contributed by atoms with van der Waals surface area (Å²) in [6, 6.07) is 8.14. The van der Waals surface area contributed by atoms with Crippen molar-refractivity contribution in [2.45, 2.75) is 46.2 Å². The number of fused-ring (bicyclic) bond motifs is 1. The van der Waals surface area contributed by atoms with Gasteiger partial charge in [-0.25, -0.2) is 18.7 Å². The lowest BCUT2D eigenvalue weighted by Crippen LogP contribution is -2.20. The van der Waals surface area contributed by atoms with Gasteiger partial charge in [0.05, 0.1) is 17.4 Å². The molecule has 1 atom stereocenters. The summed E-state index contributed by atoms with van der Waals surface area (Å²) < 4.78 is 37.0. The Morgan fingerprint density at radius 3 is 2.47 bits per heavy atom. The van der Waals surface area contributed by atoms with E-state index in [0.29, 0.717) is 22.4 Å². The lowest BCUT2D eigenvalue weighted by atomic mass is 10.1. The lowest BCUT2D eigenvalue weighted by Gasteiger charge is -2.16. The molecule has 9 heteroatoms. The van der Waals surface area contributed by atoms with Gasteiger partial charge >= 0.3 is 0 Å². The molecule has 7 nitrogen and oxygen atoms in total. The fourth-order valence-corrected chi connectivity index (χ4v) is 3.87. The predicted molar refractivity (Wildman–Crippen MR) is 125 cm³/mol. The maximum atomic E-state index is 15.0. The number of aromatic nitrogens is 4. The normalized spacial score (nSPS) is 12.8. The van der Waals surface area contributed by atoms with E-state index in [4.69, 9.17) is 4.74 Å². The highest BCUT2D eigenvalue weighted by atomic mass is 19.1. The molecular weight excluding hydrogens is 442 g/mol. The molecule has 2 heterocycles. The average Bonchev–Trinajstić information content (AvgIpc) is 2.98. The Morgan fingerprint density at radius 2 is 1.85 bits per heavy atom. The van der Waals surface area contributed by atoms with Gasteiger partial charge in [0.2, 0.25) is 6.36 Å². The van der Waals surface area contributed by atoms with E-state index in [2.05, 4.69) is 9.97 Å². The van der Waals surface area contributed by atoms with Crippen LogP contribution in [0.2, 0.25) is 0 Å². The number of benzene rings is 2. The number of hydrogen-bond acceptors (Lipinski definition) is 5. The maximum Gasteiger partial charge on any atom is 0.274 e. The van der Waals surface area contributed by atoms with Crippen molar-refractivity contribution >= 4 is 10.9 Å². The quantitative estimate of drug-likeness (QED) is 0.458. The fraction of sp³-hybridized carbons (Fsp3) is 0.320. The standard InChI is InChI=1S/C25H26F2N4O3/c1-14-6-7-22(34-15(2)26)16(8-14)13-31-21-10-18(20(27)9-19(21)23(32)30(31)5)17-11-28-24(29-12-17)25(3,4)33/h6-12,15,33H,13H2,1-5H3. The molecular formula is C25H26F2N4O3. The van der Waals surface area contributed by atoms with Gasteiger partial charge in [0, 0.05) is 43.1 Å². The monoisotopic (exact) mass is 468 g/mol. The van der Waals surface area contributed by atoms with Crippen LogP contribution in [0, 0.1) is 12.7 Å². The molecule has 4 aromatic rings. The third-order valence-corrected chi connectivity index (χ3v) is 5.59. The Bertz CT molecular complexity index is 1420. The average molecular weight is 469 g/mol. The summed E-state index contributed by atoms with van der Waals surface area (Å²) in [5.41, 5.74) is 1.16. The first-order valence-electron chi connectivity index (χ1n) is 10.8. The highest BCUT2D eigenvalue weighted by molar-refractivity contribution is 5.84. The van der Waals surface area contributed by atoms with E-state index in [0.717, 1.165) is 5.56 Å². The second-order valence-corrected chi connectivity index (χ2v) is 8.86. The van der Waals surface area contributed by atoms with Crippen molar-refractivity contribution < 1.29 is 18.6 Å². The van der Waals surface area contributed by atoms with Gasteiger partial charge in [-0.15, -0.1) is 0 Å². The molecule has 2 aromatic carbocycles. The van der Waals surface area contributed by atoms with Gasteiger partial charge in [-0.1, -0.05) is 17.7 Å². The zero-order valence-corrected chi connectivity index (χ0v) is 19.6. The Hall–Kier alpha value is -3.59. The van der Waals surface area contributed by atoms with Crippen molar-refractivity contribution in [1.82, 2.24) is 19.3 Å². The van der Waals surface area contributed by atoms with Crippen molar-refractivity contribution in [3.05, 3.63) is 75.8 Å². The summed E-state index contributed by atoms with van der Waals surface area (Å²) in [6.45, 7) is 6.53. The molecule has 0 aliphatic heterocycles. The molecule has 178 valence electrons. The van der Waals surface area contributed by atoms with Crippen molar-refractivity contribution in [2.75, 3.05) is 0 Å². The van der Waals surface area contributed by atoms with Crippen LogP contribution in [-0.2, 0) is 19.2 Å². The third-order valence-electron chi connectivity index (χ3n) is 5.59. The van der Waals surface area contributed by atoms with Gasteiger partial charge in [0.15, 0.2) is 5.82 Å². The summed E-state index contributed by atoms with van der Waals surface area (Å²) in [5, 5.41) is 10.3. The van der Waals surface area contributed by atoms with Crippen LogP contribution in [0.4, 0.5) is 8.78 Å². The fourth-order valence-electron chi connectivity index (χ4n) is 3.87. The summed E-state index contributed by atoms with van der Waals surface area (Å²) in [5.74, 6) is -0.0101. The second-order valence-electron chi connectivity index (χ2n) is 8.86. The number of aliphatic hydroxyl groups is 1. The van der Waals surface area contributed by atoms with Gasteiger partial charge in [0.25, 0.3) is 5.56 Å². The number of alkyl halides is 1. The van der Waals surface area contributed by atoms with Crippen LogP contribution in [0.3, 0.4) is 0 Å². The van der Waals surface area contributed by atoms with E-state index in [1.54, 1.807) is 37.7 Å². The van der Waals surface area contributed by atoms with E-state index >= 15 is 4.39 Å². The van der Waals surface area contributed by atoms with E-state index in [9.17, 15) is 14.3 Å². The van der Waals surface area contributed by atoms with Crippen LogP contribution in [0.1, 0.15) is 37.7 Å². The summed E-state index contributed by atoms with van der Waals surface area (Å²) in [7, 11) is 1.59. The molecule has 0 fully saturated rings. The molecule has 0 saturated carbocycles. The summed E-state index contributed by atoms with van der Waals surface area (Å²) in [6.07, 6.45) is 1.37. The molecule has 0 radical (unpaired) electrons. The largest absolute Gasteiger partial charge is 0.460 e. The van der Waals surface area contributed by atoms with Crippen LogP contribution >= 0.6 is 0 Å². The molecule has 1 N–H and O–H groups in total. The van der Waals surface area contributed by atoms with Crippen molar-refractivity contribution in [3.8, 4) is 16.9 Å². The first-order valence-corrected chi connectivity index (χ1v) is 10.8. The molecule has 0 amide bonds. The Balaban J connectivity index is 1.84. The number of rotatable bonds is 6. The van der Waals surface area contributed by atoms with Gasteiger partial charge in [-0.2, -0.15) is 0 Å². The molecule has 4 rings (SSSR count). The van der Waals surface area contributed by atoms with Crippen molar-refractivity contribution in [2.24, 2.45) is 7.05 Å². The first kappa shape index (κ1) is 23.6. The topological polar surface area (TPSA) is 82.2 Å². The number of nitrogens with zero attached hydrogens (tertiary/aromatic N) is 4.